The van der Waals surface area contributed by atoms with Crippen molar-refractivity contribution in [1.82, 2.24) is 4.90 Å². The molecule has 0 bridgehead atoms. The van der Waals surface area contributed by atoms with Gasteiger partial charge in [0, 0.05) is 6.54 Å². The highest BCUT2D eigenvalue weighted by Gasteiger charge is 2.46. The number of amides is 1. The zero-order valence-electron chi connectivity index (χ0n) is 7.03. The first-order chi connectivity index (χ1) is 5.49. The van der Waals surface area contributed by atoms with E-state index < -0.39 is 17.7 Å². The Labute approximate surface area is 69.9 Å². The minimum absolute atomic E-state index is 0.123. The Bertz CT molecular complexity index is 227. The van der Waals surface area contributed by atoms with Gasteiger partial charge in [-0.25, -0.2) is 9.59 Å². The van der Waals surface area contributed by atoms with E-state index in [2.05, 4.69) is 0 Å². The van der Waals surface area contributed by atoms with Gasteiger partial charge < -0.3 is 14.7 Å². The van der Waals surface area contributed by atoms with Crippen molar-refractivity contribution >= 4 is 12.1 Å². The van der Waals surface area contributed by atoms with Gasteiger partial charge in [-0.3, -0.25) is 0 Å². The summed E-state index contributed by atoms with van der Waals surface area (Å²) in [6.07, 6.45) is -0.553. The van der Waals surface area contributed by atoms with Gasteiger partial charge in [-0.15, -0.1) is 0 Å². The Morgan fingerprint density at radius 3 is 2.67 bits per heavy atom. The van der Waals surface area contributed by atoms with E-state index in [9.17, 15) is 9.59 Å². The number of cyclic esters (lactones) is 1. The minimum atomic E-state index is -1.37. The van der Waals surface area contributed by atoms with Crippen LogP contribution in [0.2, 0.25) is 0 Å². The van der Waals surface area contributed by atoms with E-state index in [1.54, 1.807) is 6.92 Å². The summed E-state index contributed by atoms with van der Waals surface area (Å²) in [4.78, 5) is 22.9. The molecule has 0 saturated carbocycles. The van der Waals surface area contributed by atoms with Crippen LogP contribution < -0.4 is 0 Å². The number of nitrogens with zero attached hydrogens (tertiary/aromatic N) is 1. The largest absolute Gasteiger partial charge is 0.478 e. The van der Waals surface area contributed by atoms with E-state index in [-0.39, 0.29) is 6.54 Å². The Hall–Kier alpha value is -1.26. The highest BCUT2D eigenvalue weighted by molar-refractivity contribution is 5.84. The first kappa shape index (κ1) is 8.83. The van der Waals surface area contributed by atoms with E-state index in [1.165, 1.54) is 11.8 Å². The Morgan fingerprint density at radius 2 is 2.42 bits per heavy atom. The number of ether oxygens (including phenoxy) is 1. The molecule has 5 heteroatoms. The fourth-order valence-corrected chi connectivity index (χ4v) is 1.07. The van der Waals surface area contributed by atoms with Crippen molar-refractivity contribution in [2.24, 2.45) is 0 Å². The van der Waals surface area contributed by atoms with Crippen LogP contribution in [0.4, 0.5) is 4.79 Å². The van der Waals surface area contributed by atoms with Gasteiger partial charge >= 0.3 is 12.1 Å². The van der Waals surface area contributed by atoms with Gasteiger partial charge in [0.25, 0.3) is 0 Å². The maximum absolute atomic E-state index is 11.0. The van der Waals surface area contributed by atoms with E-state index in [0.29, 0.717) is 6.54 Å². The quantitative estimate of drug-likeness (QED) is 0.652. The SMILES string of the molecule is CCN1CC(C)(C(=O)O)OC1=O. The Morgan fingerprint density at radius 1 is 1.83 bits per heavy atom. The van der Waals surface area contributed by atoms with Gasteiger partial charge in [0.15, 0.2) is 0 Å². The first-order valence-electron chi connectivity index (χ1n) is 3.71. The normalized spacial score (nSPS) is 28.8. The van der Waals surface area contributed by atoms with Crippen LogP contribution in [0.15, 0.2) is 0 Å². The number of carboxylic acid groups (broad SMARTS) is 1. The summed E-state index contributed by atoms with van der Waals surface area (Å²) in [6.45, 7) is 3.76. The first-order valence-corrected chi connectivity index (χ1v) is 3.71. The molecule has 1 fully saturated rings. The van der Waals surface area contributed by atoms with Gasteiger partial charge in [0.05, 0.1) is 6.54 Å². The molecule has 68 valence electrons. The number of hydrogen-bond donors (Lipinski definition) is 1. The monoisotopic (exact) mass is 173 g/mol. The molecule has 0 spiro atoms. The van der Waals surface area contributed by atoms with Crippen molar-refractivity contribution in [3.05, 3.63) is 0 Å². The lowest BCUT2D eigenvalue weighted by molar-refractivity contribution is -0.153. The molecule has 1 aliphatic rings. The van der Waals surface area contributed by atoms with Crippen LogP contribution in [-0.4, -0.2) is 40.8 Å². The van der Waals surface area contributed by atoms with Gasteiger partial charge in [-0.2, -0.15) is 0 Å². The summed E-state index contributed by atoms with van der Waals surface area (Å²) in [5, 5.41) is 8.70. The van der Waals surface area contributed by atoms with Crippen molar-refractivity contribution in [3.63, 3.8) is 0 Å². The van der Waals surface area contributed by atoms with Gasteiger partial charge in [0.1, 0.15) is 0 Å². The van der Waals surface area contributed by atoms with Crippen molar-refractivity contribution in [1.29, 1.82) is 0 Å². The summed E-state index contributed by atoms with van der Waals surface area (Å²) < 4.78 is 4.70. The molecule has 0 aromatic heterocycles. The summed E-state index contributed by atoms with van der Waals surface area (Å²) in [7, 11) is 0. The summed E-state index contributed by atoms with van der Waals surface area (Å²) in [5.74, 6) is -1.10. The third-order valence-electron chi connectivity index (χ3n) is 1.90. The summed E-state index contributed by atoms with van der Waals surface area (Å²) in [5.41, 5.74) is -1.37. The molecule has 5 nitrogen and oxygen atoms in total. The molecule has 0 aromatic carbocycles. The number of aliphatic carboxylic acids is 1. The Balaban J connectivity index is 2.77. The highest BCUT2D eigenvalue weighted by atomic mass is 16.6. The molecule has 0 radical (unpaired) electrons. The average molecular weight is 173 g/mol. The second-order valence-electron chi connectivity index (χ2n) is 2.92. The maximum Gasteiger partial charge on any atom is 0.411 e. The predicted molar refractivity (Wildman–Crippen MR) is 39.8 cm³/mol. The van der Waals surface area contributed by atoms with Crippen LogP contribution in [0.3, 0.4) is 0 Å². The molecule has 1 aliphatic heterocycles. The second-order valence-corrected chi connectivity index (χ2v) is 2.92. The third-order valence-corrected chi connectivity index (χ3v) is 1.90. The molecule has 1 rings (SSSR count). The Kier molecular flexibility index (Phi) is 1.95. The molecule has 0 aliphatic carbocycles. The molecule has 1 saturated heterocycles. The van der Waals surface area contributed by atoms with Crippen molar-refractivity contribution < 1.29 is 19.4 Å². The lowest BCUT2D eigenvalue weighted by Gasteiger charge is -2.14. The number of carbonyl (C=O) groups is 2. The molecule has 1 amide bonds. The van der Waals surface area contributed by atoms with Crippen molar-refractivity contribution in [2.75, 3.05) is 13.1 Å². The molecule has 1 atom stereocenters. The summed E-state index contributed by atoms with van der Waals surface area (Å²) >= 11 is 0. The van der Waals surface area contributed by atoms with Crippen LogP contribution in [0.25, 0.3) is 0 Å². The third kappa shape index (κ3) is 1.22. The number of hydrogen-bond acceptors (Lipinski definition) is 3. The zero-order chi connectivity index (χ0) is 9.35. The molecule has 1 heterocycles. The highest BCUT2D eigenvalue weighted by Crippen LogP contribution is 2.21. The van der Waals surface area contributed by atoms with Crippen LogP contribution in [-0.2, 0) is 9.53 Å². The maximum atomic E-state index is 11.0. The zero-order valence-corrected chi connectivity index (χ0v) is 7.03. The van der Waals surface area contributed by atoms with E-state index in [1.807, 2.05) is 0 Å². The van der Waals surface area contributed by atoms with Crippen LogP contribution in [0.5, 0.6) is 0 Å². The number of rotatable bonds is 2. The molecular formula is C7H11NO4. The molecule has 1 N–H and O–H groups in total. The minimum Gasteiger partial charge on any atom is -0.478 e. The smallest absolute Gasteiger partial charge is 0.411 e. The van der Waals surface area contributed by atoms with Crippen LogP contribution >= 0.6 is 0 Å². The van der Waals surface area contributed by atoms with E-state index in [4.69, 9.17) is 9.84 Å². The van der Waals surface area contributed by atoms with Crippen LogP contribution in [0, 0.1) is 0 Å². The summed E-state index contributed by atoms with van der Waals surface area (Å²) in [6, 6.07) is 0. The molecule has 12 heavy (non-hydrogen) atoms. The molecule has 0 aromatic rings. The fourth-order valence-electron chi connectivity index (χ4n) is 1.07. The lowest BCUT2D eigenvalue weighted by Crippen LogP contribution is -2.39. The van der Waals surface area contributed by atoms with Crippen LogP contribution in [0.1, 0.15) is 13.8 Å². The van der Waals surface area contributed by atoms with Gasteiger partial charge in [-0.1, -0.05) is 0 Å². The number of carbonyl (C=O) groups excluding carboxylic acids is 1. The van der Waals surface area contributed by atoms with E-state index in [0.717, 1.165) is 0 Å². The topological polar surface area (TPSA) is 66.8 Å². The second kappa shape index (κ2) is 2.66. The number of likely N-dealkylation sites (N-methyl/N-ethyl adjacent to an activating group) is 1. The van der Waals surface area contributed by atoms with Gasteiger partial charge in [0.2, 0.25) is 5.60 Å². The fraction of sp³-hybridized carbons (Fsp3) is 0.714. The van der Waals surface area contributed by atoms with Crippen molar-refractivity contribution in [3.8, 4) is 0 Å². The lowest BCUT2D eigenvalue weighted by atomic mass is 10.1. The molecular weight excluding hydrogens is 162 g/mol. The average Bonchev–Trinajstić information content (AvgIpc) is 2.27. The van der Waals surface area contributed by atoms with Gasteiger partial charge in [-0.05, 0) is 13.8 Å². The molecule has 1 unspecified atom stereocenters. The van der Waals surface area contributed by atoms with E-state index >= 15 is 0 Å². The van der Waals surface area contributed by atoms with Crippen molar-refractivity contribution in [2.45, 2.75) is 19.4 Å². The standard InChI is InChI=1S/C7H11NO4/c1-3-8-4-7(2,5(9)10)12-6(8)11/h3-4H2,1-2H3,(H,9,10). The predicted octanol–water partition coefficient (Wildman–Crippen LogP) is 0.302. The number of carboxylic acids is 1.